The molecule has 1 fully saturated rings. The van der Waals surface area contributed by atoms with Crippen molar-refractivity contribution >= 4 is 11.6 Å². The molecule has 2 heterocycles. The lowest BCUT2D eigenvalue weighted by Crippen LogP contribution is -2.45. The maximum Gasteiger partial charge on any atom is 0.244 e. The fourth-order valence-corrected chi connectivity index (χ4v) is 4.38. The Bertz CT molecular complexity index is 990. The summed E-state index contributed by atoms with van der Waals surface area (Å²) in [6.07, 6.45) is 0.762. The molecule has 2 unspecified atom stereocenters. The van der Waals surface area contributed by atoms with E-state index >= 15 is 0 Å². The van der Waals surface area contributed by atoms with Crippen LogP contribution in [-0.4, -0.2) is 29.5 Å². The summed E-state index contributed by atoms with van der Waals surface area (Å²) in [5, 5.41) is 0. The second-order valence-corrected chi connectivity index (χ2v) is 7.78. The van der Waals surface area contributed by atoms with E-state index in [-0.39, 0.29) is 18.1 Å². The van der Waals surface area contributed by atoms with E-state index in [4.69, 9.17) is 4.74 Å². The summed E-state index contributed by atoms with van der Waals surface area (Å²) in [7, 11) is 0. The smallest absolute Gasteiger partial charge is 0.244 e. The number of carbonyl (C=O) groups excluding carboxylic acids is 1. The number of likely N-dealkylation sites (tertiary alicyclic amines) is 1. The van der Waals surface area contributed by atoms with E-state index in [1.165, 1.54) is 5.56 Å². The van der Waals surface area contributed by atoms with Crippen LogP contribution in [0.2, 0.25) is 0 Å². The maximum atomic E-state index is 13.8. The van der Waals surface area contributed by atoms with Crippen molar-refractivity contribution in [1.29, 1.82) is 0 Å². The predicted octanol–water partition coefficient (Wildman–Crippen LogP) is 4.26. The molecule has 2 atom stereocenters. The SMILES string of the molecule is O=C1C2CC(CN2Cc2ccccc2)Oc2ccccc2N1Cc1ccccc1. The van der Waals surface area contributed by atoms with Gasteiger partial charge in [-0.15, -0.1) is 0 Å². The van der Waals surface area contributed by atoms with E-state index < -0.39 is 0 Å². The minimum absolute atomic E-state index is 0.0349. The van der Waals surface area contributed by atoms with Crippen molar-refractivity contribution in [3.8, 4) is 5.75 Å². The molecule has 2 aliphatic heterocycles. The van der Waals surface area contributed by atoms with E-state index in [1.54, 1.807) is 0 Å². The molecule has 2 bridgehead atoms. The van der Waals surface area contributed by atoms with E-state index in [0.717, 1.165) is 36.5 Å². The zero-order valence-corrected chi connectivity index (χ0v) is 16.3. The summed E-state index contributed by atoms with van der Waals surface area (Å²) < 4.78 is 6.38. The monoisotopic (exact) mass is 384 g/mol. The number of hydrogen-bond donors (Lipinski definition) is 0. The molecule has 0 N–H and O–H groups in total. The van der Waals surface area contributed by atoms with E-state index in [0.29, 0.717) is 6.54 Å². The highest BCUT2D eigenvalue weighted by Gasteiger charge is 2.42. The zero-order chi connectivity index (χ0) is 19.6. The molecule has 0 aromatic heterocycles. The fraction of sp³-hybridized carbons (Fsp3) is 0.240. The highest BCUT2D eigenvalue weighted by Crippen LogP contribution is 2.37. The van der Waals surface area contributed by atoms with Gasteiger partial charge < -0.3 is 9.64 Å². The van der Waals surface area contributed by atoms with Crippen molar-refractivity contribution in [2.24, 2.45) is 0 Å². The Morgan fingerprint density at radius 2 is 1.41 bits per heavy atom. The number of anilines is 1. The largest absolute Gasteiger partial charge is 0.487 e. The Labute approximate surface area is 171 Å². The standard InChI is InChI=1S/C25H24N2O2/c28-25-23-15-21(18-26(23)16-19-9-3-1-4-10-19)29-24-14-8-7-13-22(24)27(25)17-20-11-5-2-6-12-20/h1-14,21,23H,15-18H2. The summed E-state index contributed by atoms with van der Waals surface area (Å²) in [6.45, 7) is 2.06. The maximum absolute atomic E-state index is 13.8. The Morgan fingerprint density at radius 3 is 2.14 bits per heavy atom. The average Bonchev–Trinajstić information content (AvgIpc) is 3.16. The quantitative estimate of drug-likeness (QED) is 0.674. The summed E-state index contributed by atoms with van der Waals surface area (Å²) >= 11 is 0. The van der Waals surface area contributed by atoms with Crippen molar-refractivity contribution in [2.75, 3.05) is 11.4 Å². The van der Waals surface area contributed by atoms with Crippen molar-refractivity contribution < 1.29 is 9.53 Å². The van der Waals surface area contributed by atoms with Gasteiger partial charge in [0.05, 0.1) is 18.3 Å². The molecule has 2 aliphatic rings. The predicted molar refractivity (Wildman–Crippen MR) is 114 cm³/mol. The molecule has 146 valence electrons. The Morgan fingerprint density at radius 1 is 0.793 bits per heavy atom. The van der Waals surface area contributed by atoms with E-state index in [1.807, 2.05) is 65.6 Å². The van der Waals surface area contributed by atoms with E-state index in [9.17, 15) is 4.79 Å². The molecule has 4 heteroatoms. The lowest BCUT2D eigenvalue weighted by Gasteiger charge is -2.32. The molecule has 3 aromatic rings. The van der Waals surface area contributed by atoms with Crippen LogP contribution in [0.25, 0.3) is 0 Å². The minimum Gasteiger partial charge on any atom is -0.487 e. The Kier molecular flexibility index (Phi) is 4.78. The van der Waals surface area contributed by atoms with Crippen LogP contribution in [0.4, 0.5) is 5.69 Å². The Balaban J connectivity index is 1.49. The number of hydrogen-bond acceptors (Lipinski definition) is 3. The summed E-state index contributed by atoms with van der Waals surface area (Å²) in [5.41, 5.74) is 3.19. The van der Waals surface area contributed by atoms with Crippen LogP contribution in [0.1, 0.15) is 17.5 Å². The average molecular weight is 384 g/mol. The summed E-state index contributed by atoms with van der Waals surface area (Å²) in [4.78, 5) is 17.9. The first-order valence-electron chi connectivity index (χ1n) is 10.2. The molecular formula is C25H24N2O2. The van der Waals surface area contributed by atoms with Crippen molar-refractivity contribution in [3.63, 3.8) is 0 Å². The van der Waals surface area contributed by atoms with Crippen LogP contribution in [-0.2, 0) is 17.9 Å². The van der Waals surface area contributed by atoms with Gasteiger partial charge in [0.25, 0.3) is 0 Å². The number of carbonyl (C=O) groups is 1. The second kappa shape index (κ2) is 7.72. The van der Waals surface area contributed by atoms with Gasteiger partial charge in [0.1, 0.15) is 11.9 Å². The topological polar surface area (TPSA) is 32.8 Å². The van der Waals surface area contributed by atoms with E-state index in [2.05, 4.69) is 29.2 Å². The zero-order valence-electron chi connectivity index (χ0n) is 16.3. The van der Waals surface area contributed by atoms with Gasteiger partial charge in [0.2, 0.25) is 5.91 Å². The van der Waals surface area contributed by atoms with Gasteiger partial charge in [-0.2, -0.15) is 0 Å². The van der Waals surface area contributed by atoms with Gasteiger partial charge in [0.15, 0.2) is 0 Å². The van der Waals surface area contributed by atoms with Crippen molar-refractivity contribution in [1.82, 2.24) is 4.90 Å². The molecule has 0 spiro atoms. The molecule has 29 heavy (non-hydrogen) atoms. The molecule has 3 aromatic carbocycles. The highest BCUT2D eigenvalue weighted by atomic mass is 16.5. The molecule has 1 saturated heterocycles. The lowest BCUT2D eigenvalue weighted by molar-refractivity contribution is -0.123. The van der Waals surface area contributed by atoms with Gasteiger partial charge in [-0.1, -0.05) is 72.8 Å². The van der Waals surface area contributed by atoms with Gasteiger partial charge in [-0.05, 0) is 23.3 Å². The van der Waals surface area contributed by atoms with Gasteiger partial charge in [0, 0.05) is 19.5 Å². The van der Waals surface area contributed by atoms with Crippen LogP contribution in [0.3, 0.4) is 0 Å². The third kappa shape index (κ3) is 3.64. The number of amides is 1. The molecule has 0 radical (unpaired) electrons. The first kappa shape index (κ1) is 18.0. The molecular weight excluding hydrogens is 360 g/mol. The van der Waals surface area contributed by atoms with Crippen molar-refractivity contribution in [3.05, 3.63) is 96.1 Å². The normalized spacial score (nSPS) is 21.2. The number of rotatable bonds is 4. The second-order valence-electron chi connectivity index (χ2n) is 7.78. The number of fused-ring (bicyclic) bond motifs is 3. The number of para-hydroxylation sites is 2. The molecule has 4 nitrogen and oxygen atoms in total. The summed E-state index contributed by atoms with van der Waals surface area (Å²) in [6, 6.07) is 28.2. The van der Waals surface area contributed by atoms with Crippen LogP contribution in [0, 0.1) is 0 Å². The Hall–Kier alpha value is -3.11. The van der Waals surface area contributed by atoms with Crippen LogP contribution in [0.5, 0.6) is 5.75 Å². The van der Waals surface area contributed by atoms with Crippen molar-refractivity contribution in [2.45, 2.75) is 31.7 Å². The van der Waals surface area contributed by atoms with Gasteiger partial charge >= 0.3 is 0 Å². The van der Waals surface area contributed by atoms with Gasteiger partial charge in [-0.3, -0.25) is 9.69 Å². The summed E-state index contributed by atoms with van der Waals surface area (Å²) in [5.74, 6) is 0.949. The first-order chi connectivity index (χ1) is 14.3. The number of nitrogens with zero attached hydrogens (tertiary/aromatic N) is 2. The number of ether oxygens (including phenoxy) is 1. The number of benzene rings is 3. The first-order valence-corrected chi connectivity index (χ1v) is 10.2. The highest BCUT2D eigenvalue weighted by molar-refractivity contribution is 5.99. The minimum atomic E-state index is -0.169. The van der Waals surface area contributed by atoms with Crippen LogP contribution >= 0.6 is 0 Å². The van der Waals surface area contributed by atoms with Crippen LogP contribution < -0.4 is 9.64 Å². The lowest BCUT2D eigenvalue weighted by atomic mass is 10.1. The van der Waals surface area contributed by atoms with Gasteiger partial charge in [-0.25, -0.2) is 0 Å². The van der Waals surface area contributed by atoms with Crippen LogP contribution in [0.15, 0.2) is 84.9 Å². The molecule has 1 amide bonds. The molecule has 0 saturated carbocycles. The fourth-order valence-electron chi connectivity index (χ4n) is 4.38. The third-order valence-electron chi connectivity index (χ3n) is 5.78. The third-order valence-corrected chi connectivity index (χ3v) is 5.78. The molecule has 5 rings (SSSR count). The molecule has 0 aliphatic carbocycles.